The van der Waals surface area contributed by atoms with Crippen LogP contribution in [0, 0.1) is 0 Å². The predicted molar refractivity (Wildman–Crippen MR) is 82.5 cm³/mol. The lowest BCUT2D eigenvalue weighted by atomic mass is 10.1. The Labute approximate surface area is 130 Å². The minimum atomic E-state index is -4.51. The van der Waals surface area contributed by atoms with Gasteiger partial charge in [-0.25, -0.2) is 0 Å². The number of rotatable bonds is 7. The summed E-state index contributed by atoms with van der Waals surface area (Å²) < 4.78 is 39.9. The SMILES string of the molecule is CCSC(SCC)=C(CC(=O)c1ccccn1)C(F)(F)F. The number of hydrogen-bond donors (Lipinski definition) is 0. The summed E-state index contributed by atoms with van der Waals surface area (Å²) >= 11 is 2.25. The highest BCUT2D eigenvalue weighted by atomic mass is 32.2. The molecule has 0 atom stereocenters. The highest BCUT2D eigenvalue weighted by molar-refractivity contribution is 8.22. The maximum absolute atomic E-state index is 13.2. The molecular weight excluding hydrogens is 319 g/mol. The first-order valence-corrected chi connectivity index (χ1v) is 8.37. The molecule has 0 N–H and O–H groups in total. The Hall–Kier alpha value is -0.950. The third-order valence-electron chi connectivity index (χ3n) is 2.43. The molecule has 0 aliphatic rings. The van der Waals surface area contributed by atoms with Crippen LogP contribution in [0.15, 0.2) is 34.2 Å². The maximum atomic E-state index is 13.2. The number of pyridine rings is 1. The standard InChI is InChI=1S/C14H16F3NOS2/c1-3-20-13(21-4-2)10(14(15,16)17)9-12(19)11-7-5-6-8-18-11/h5-8H,3-4,9H2,1-2H3. The summed E-state index contributed by atoms with van der Waals surface area (Å²) in [6.45, 7) is 3.57. The molecule has 1 aromatic rings. The van der Waals surface area contributed by atoms with Gasteiger partial charge in [-0.2, -0.15) is 13.2 Å². The molecule has 0 amide bonds. The summed E-state index contributed by atoms with van der Waals surface area (Å²) in [7, 11) is 0. The molecule has 0 aromatic carbocycles. The van der Waals surface area contributed by atoms with Crippen LogP contribution >= 0.6 is 23.5 Å². The van der Waals surface area contributed by atoms with Gasteiger partial charge in [0.2, 0.25) is 0 Å². The lowest BCUT2D eigenvalue weighted by molar-refractivity contribution is -0.0931. The van der Waals surface area contributed by atoms with Crippen LogP contribution in [0.4, 0.5) is 13.2 Å². The Morgan fingerprint density at radius 2 is 1.81 bits per heavy atom. The van der Waals surface area contributed by atoms with Gasteiger partial charge in [0, 0.05) is 16.9 Å². The number of Topliss-reactive ketones (excluding diaryl/α,β-unsaturated/α-hetero) is 1. The molecule has 0 bridgehead atoms. The van der Waals surface area contributed by atoms with Gasteiger partial charge in [0.15, 0.2) is 5.78 Å². The third-order valence-corrected chi connectivity index (χ3v) is 4.73. The molecule has 1 aromatic heterocycles. The highest BCUT2D eigenvalue weighted by Crippen LogP contribution is 2.41. The van der Waals surface area contributed by atoms with Gasteiger partial charge in [-0.3, -0.25) is 9.78 Å². The zero-order valence-electron chi connectivity index (χ0n) is 11.7. The number of alkyl halides is 3. The largest absolute Gasteiger partial charge is 0.414 e. The molecule has 1 rings (SSSR count). The lowest BCUT2D eigenvalue weighted by Gasteiger charge is -2.16. The second-order valence-electron chi connectivity index (χ2n) is 3.94. The zero-order chi connectivity index (χ0) is 15.9. The van der Waals surface area contributed by atoms with Crippen LogP contribution in [0.3, 0.4) is 0 Å². The Kier molecular flexibility index (Phi) is 7.31. The quantitative estimate of drug-likeness (QED) is 0.661. The van der Waals surface area contributed by atoms with Crippen molar-refractivity contribution in [2.45, 2.75) is 26.4 Å². The molecule has 0 spiro atoms. The van der Waals surface area contributed by atoms with E-state index in [2.05, 4.69) is 4.98 Å². The minimum Gasteiger partial charge on any atom is -0.292 e. The van der Waals surface area contributed by atoms with Crippen molar-refractivity contribution in [1.29, 1.82) is 0 Å². The van der Waals surface area contributed by atoms with Gasteiger partial charge < -0.3 is 0 Å². The van der Waals surface area contributed by atoms with Gasteiger partial charge in [0.25, 0.3) is 0 Å². The van der Waals surface area contributed by atoms with E-state index in [0.29, 0.717) is 11.5 Å². The summed E-state index contributed by atoms with van der Waals surface area (Å²) in [5, 5.41) is 0. The van der Waals surface area contributed by atoms with Crippen molar-refractivity contribution in [1.82, 2.24) is 4.98 Å². The van der Waals surface area contributed by atoms with Gasteiger partial charge in [-0.05, 0) is 23.6 Å². The third kappa shape index (κ3) is 5.74. The van der Waals surface area contributed by atoms with Crippen LogP contribution < -0.4 is 0 Å². The molecular formula is C14H16F3NOS2. The summed E-state index contributed by atoms with van der Waals surface area (Å²) in [5.41, 5.74) is -0.710. The first kappa shape index (κ1) is 18.1. The molecule has 0 aliphatic heterocycles. The molecule has 7 heteroatoms. The van der Waals surface area contributed by atoms with E-state index in [4.69, 9.17) is 0 Å². The Balaban J connectivity index is 3.09. The first-order valence-electron chi connectivity index (χ1n) is 6.40. The van der Waals surface area contributed by atoms with E-state index < -0.39 is 24.0 Å². The van der Waals surface area contributed by atoms with Gasteiger partial charge in [-0.1, -0.05) is 19.9 Å². The Morgan fingerprint density at radius 1 is 1.19 bits per heavy atom. The van der Waals surface area contributed by atoms with Crippen molar-refractivity contribution in [3.8, 4) is 0 Å². The van der Waals surface area contributed by atoms with Crippen LogP contribution in [0.25, 0.3) is 0 Å². The number of aromatic nitrogens is 1. The smallest absolute Gasteiger partial charge is 0.292 e. The van der Waals surface area contributed by atoms with Crippen molar-refractivity contribution < 1.29 is 18.0 Å². The number of carbonyl (C=O) groups is 1. The number of hydrogen-bond acceptors (Lipinski definition) is 4. The van der Waals surface area contributed by atoms with Crippen LogP contribution in [-0.2, 0) is 0 Å². The van der Waals surface area contributed by atoms with Gasteiger partial charge >= 0.3 is 6.18 Å². The molecule has 0 unspecified atom stereocenters. The van der Waals surface area contributed by atoms with Crippen molar-refractivity contribution in [3.05, 3.63) is 39.9 Å². The number of nitrogens with zero attached hydrogens (tertiary/aromatic N) is 1. The summed E-state index contributed by atoms with van der Waals surface area (Å²) in [5.74, 6) is 0.438. The topological polar surface area (TPSA) is 30.0 Å². The molecule has 0 aliphatic carbocycles. The van der Waals surface area contributed by atoms with Crippen LogP contribution in [0.5, 0.6) is 0 Å². The van der Waals surface area contributed by atoms with Crippen molar-refractivity contribution in [2.24, 2.45) is 0 Å². The van der Waals surface area contributed by atoms with Gasteiger partial charge in [0.1, 0.15) is 5.69 Å². The van der Waals surface area contributed by atoms with E-state index in [9.17, 15) is 18.0 Å². The van der Waals surface area contributed by atoms with Crippen LogP contribution in [0.2, 0.25) is 0 Å². The lowest BCUT2D eigenvalue weighted by Crippen LogP contribution is -2.17. The molecule has 0 fully saturated rings. The fraction of sp³-hybridized carbons (Fsp3) is 0.429. The normalized spacial score (nSPS) is 11.3. The van der Waals surface area contributed by atoms with E-state index in [-0.39, 0.29) is 9.93 Å². The van der Waals surface area contributed by atoms with Gasteiger partial charge in [0.05, 0.1) is 5.57 Å². The number of allylic oxidation sites excluding steroid dienone is 1. The van der Waals surface area contributed by atoms with Crippen molar-refractivity contribution in [3.63, 3.8) is 0 Å². The number of carbonyl (C=O) groups excluding carboxylic acids is 1. The minimum absolute atomic E-state index is 0.0570. The summed E-state index contributed by atoms with van der Waals surface area (Å²) in [6, 6.07) is 4.62. The van der Waals surface area contributed by atoms with Crippen LogP contribution in [-0.4, -0.2) is 28.4 Å². The molecule has 2 nitrogen and oxygen atoms in total. The van der Waals surface area contributed by atoms with Crippen LogP contribution in [0.1, 0.15) is 30.8 Å². The molecule has 1 heterocycles. The molecule has 116 valence electrons. The van der Waals surface area contributed by atoms with E-state index in [1.54, 1.807) is 26.0 Å². The second kappa shape index (κ2) is 8.48. The molecule has 0 saturated carbocycles. The van der Waals surface area contributed by atoms with Gasteiger partial charge in [-0.15, -0.1) is 23.5 Å². The number of halogens is 3. The molecule has 0 radical (unpaired) electrons. The van der Waals surface area contributed by atoms with E-state index >= 15 is 0 Å². The summed E-state index contributed by atoms with van der Waals surface area (Å²) in [4.78, 5) is 15.8. The Morgan fingerprint density at radius 3 is 2.24 bits per heavy atom. The second-order valence-corrected chi connectivity index (χ2v) is 6.75. The first-order chi connectivity index (χ1) is 9.90. The average molecular weight is 335 g/mol. The zero-order valence-corrected chi connectivity index (χ0v) is 13.4. The van der Waals surface area contributed by atoms with E-state index in [1.807, 2.05) is 0 Å². The van der Waals surface area contributed by atoms with Crippen molar-refractivity contribution >= 4 is 29.3 Å². The van der Waals surface area contributed by atoms with E-state index in [0.717, 1.165) is 23.5 Å². The van der Waals surface area contributed by atoms with Crippen molar-refractivity contribution in [2.75, 3.05) is 11.5 Å². The monoisotopic (exact) mass is 335 g/mol. The number of ketones is 1. The average Bonchev–Trinajstić information content (AvgIpc) is 2.44. The predicted octanol–water partition coefficient (Wildman–Crippen LogP) is 4.93. The fourth-order valence-corrected chi connectivity index (χ4v) is 3.83. The number of thioether (sulfide) groups is 2. The summed E-state index contributed by atoms with van der Waals surface area (Å²) in [6.07, 6.45) is -3.79. The molecule has 0 saturated heterocycles. The fourth-order valence-electron chi connectivity index (χ4n) is 1.55. The maximum Gasteiger partial charge on any atom is 0.414 e. The molecule has 21 heavy (non-hydrogen) atoms. The Bertz CT molecular complexity index is 493. The highest BCUT2D eigenvalue weighted by Gasteiger charge is 2.38. The van der Waals surface area contributed by atoms with E-state index in [1.165, 1.54) is 12.3 Å².